The van der Waals surface area contributed by atoms with Crippen LogP contribution in [-0.4, -0.2) is 41.8 Å². The Bertz CT molecular complexity index is 582. The Morgan fingerprint density at radius 2 is 1.72 bits per heavy atom. The molecule has 1 aromatic carbocycles. The molecule has 1 aromatic rings. The molecular weight excluding hydrogens is 318 g/mol. The molecule has 2 N–H and O–H groups in total. The van der Waals surface area contributed by atoms with Crippen molar-refractivity contribution in [1.29, 1.82) is 0 Å². The van der Waals surface area contributed by atoms with Gasteiger partial charge in [0.05, 0.1) is 13.1 Å². The maximum atomic E-state index is 12.2. The third-order valence-corrected chi connectivity index (χ3v) is 3.78. The van der Waals surface area contributed by atoms with Crippen LogP contribution in [0, 0.1) is 6.92 Å². The molecule has 25 heavy (non-hydrogen) atoms. The molecule has 0 aliphatic carbocycles. The van der Waals surface area contributed by atoms with Crippen molar-refractivity contribution >= 4 is 23.4 Å². The van der Waals surface area contributed by atoms with Gasteiger partial charge in [-0.05, 0) is 39.3 Å². The fraction of sp³-hybridized carbons (Fsp3) is 0.526. The van der Waals surface area contributed by atoms with Gasteiger partial charge in [0.2, 0.25) is 17.7 Å². The molecule has 0 aliphatic heterocycles. The number of hydrogen-bond acceptors (Lipinski definition) is 3. The number of nitrogens with zero attached hydrogens (tertiary/aromatic N) is 1. The summed E-state index contributed by atoms with van der Waals surface area (Å²) in [7, 11) is 0. The highest BCUT2D eigenvalue weighted by Crippen LogP contribution is 2.08. The van der Waals surface area contributed by atoms with Crippen molar-refractivity contribution in [1.82, 2.24) is 10.2 Å². The van der Waals surface area contributed by atoms with Gasteiger partial charge in [-0.2, -0.15) is 0 Å². The highest BCUT2D eigenvalue weighted by molar-refractivity contribution is 5.95. The van der Waals surface area contributed by atoms with Gasteiger partial charge in [0, 0.05) is 18.2 Å². The molecule has 0 bridgehead atoms. The molecule has 0 saturated carbocycles. The second kappa shape index (κ2) is 10.5. The van der Waals surface area contributed by atoms with Gasteiger partial charge in [-0.1, -0.05) is 31.0 Å². The number of benzene rings is 1. The second-order valence-corrected chi connectivity index (χ2v) is 6.41. The van der Waals surface area contributed by atoms with E-state index in [9.17, 15) is 14.4 Å². The average Bonchev–Trinajstić information content (AvgIpc) is 2.57. The minimum atomic E-state index is -0.336. The number of anilines is 1. The summed E-state index contributed by atoms with van der Waals surface area (Å²) in [6.45, 7) is 7.59. The van der Waals surface area contributed by atoms with Gasteiger partial charge >= 0.3 is 0 Å². The average molecular weight is 347 g/mol. The first kappa shape index (κ1) is 20.7. The molecule has 0 fully saturated rings. The third-order valence-electron chi connectivity index (χ3n) is 3.78. The molecule has 6 nitrogen and oxygen atoms in total. The van der Waals surface area contributed by atoms with E-state index in [4.69, 9.17) is 0 Å². The maximum absolute atomic E-state index is 12.2. The van der Waals surface area contributed by atoms with Crippen LogP contribution in [0.5, 0.6) is 0 Å². The molecule has 0 spiro atoms. The summed E-state index contributed by atoms with van der Waals surface area (Å²) in [4.78, 5) is 37.6. The van der Waals surface area contributed by atoms with Gasteiger partial charge in [-0.3, -0.25) is 14.4 Å². The number of nitrogens with one attached hydrogen (secondary N) is 2. The van der Waals surface area contributed by atoms with Gasteiger partial charge in [0.15, 0.2) is 0 Å². The predicted molar refractivity (Wildman–Crippen MR) is 99.2 cm³/mol. The van der Waals surface area contributed by atoms with E-state index >= 15 is 0 Å². The number of hydrogen-bond donors (Lipinski definition) is 2. The number of unbranched alkanes of at least 4 members (excludes halogenated alkanes) is 1. The molecule has 0 aromatic heterocycles. The van der Waals surface area contributed by atoms with Crippen molar-refractivity contribution in [2.24, 2.45) is 0 Å². The lowest BCUT2D eigenvalue weighted by Gasteiger charge is -2.26. The lowest BCUT2D eigenvalue weighted by Crippen LogP contribution is -2.45. The second-order valence-electron chi connectivity index (χ2n) is 6.41. The summed E-state index contributed by atoms with van der Waals surface area (Å²) in [6, 6.07) is 7.36. The van der Waals surface area contributed by atoms with Gasteiger partial charge in [-0.15, -0.1) is 0 Å². The number of aryl methyl sites for hydroxylation is 1. The third kappa shape index (κ3) is 7.83. The first-order valence-electron chi connectivity index (χ1n) is 8.76. The van der Waals surface area contributed by atoms with E-state index in [1.54, 1.807) is 4.90 Å². The van der Waals surface area contributed by atoms with Crippen LogP contribution in [0.3, 0.4) is 0 Å². The van der Waals surface area contributed by atoms with Gasteiger partial charge in [0.1, 0.15) is 0 Å². The fourth-order valence-electron chi connectivity index (χ4n) is 2.26. The van der Waals surface area contributed by atoms with Crippen molar-refractivity contribution in [3.05, 3.63) is 29.8 Å². The summed E-state index contributed by atoms with van der Waals surface area (Å²) in [5, 5.41) is 5.28. The zero-order valence-electron chi connectivity index (χ0n) is 15.6. The normalized spacial score (nSPS) is 10.4. The van der Waals surface area contributed by atoms with Gasteiger partial charge in [0.25, 0.3) is 0 Å². The molecule has 0 radical (unpaired) electrons. The molecule has 0 heterocycles. The molecule has 0 saturated heterocycles. The summed E-state index contributed by atoms with van der Waals surface area (Å²) in [5.74, 6) is -0.667. The lowest BCUT2D eigenvalue weighted by molar-refractivity contribution is -0.138. The topological polar surface area (TPSA) is 78.5 Å². The Balaban J connectivity index is 2.44. The van der Waals surface area contributed by atoms with Gasteiger partial charge in [-0.25, -0.2) is 0 Å². The first-order valence-corrected chi connectivity index (χ1v) is 8.76. The summed E-state index contributed by atoms with van der Waals surface area (Å²) in [5.41, 5.74) is 1.79. The fourth-order valence-corrected chi connectivity index (χ4v) is 2.26. The van der Waals surface area contributed by atoms with E-state index in [-0.39, 0.29) is 36.9 Å². The lowest BCUT2D eigenvalue weighted by atomic mass is 10.2. The van der Waals surface area contributed by atoms with E-state index in [1.807, 2.05) is 52.0 Å². The van der Waals surface area contributed by atoms with E-state index in [0.29, 0.717) is 12.1 Å². The van der Waals surface area contributed by atoms with Crippen molar-refractivity contribution in [3.8, 4) is 0 Å². The Hall–Kier alpha value is -2.37. The smallest absolute Gasteiger partial charge is 0.243 e. The van der Waals surface area contributed by atoms with Crippen molar-refractivity contribution in [2.45, 2.75) is 53.0 Å². The van der Waals surface area contributed by atoms with E-state index in [1.165, 1.54) is 0 Å². The molecule has 6 heteroatoms. The zero-order valence-corrected chi connectivity index (χ0v) is 15.6. The SMILES string of the molecule is CCCCC(=O)N(CC(=O)NCC(=O)Nc1ccc(C)cc1)C(C)C. The Morgan fingerprint density at radius 1 is 1.08 bits per heavy atom. The monoisotopic (exact) mass is 347 g/mol. The van der Waals surface area contributed by atoms with E-state index in [2.05, 4.69) is 10.6 Å². The highest BCUT2D eigenvalue weighted by atomic mass is 16.2. The summed E-state index contributed by atoms with van der Waals surface area (Å²) in [6.07, 6.45) is 2.18. The van der Waals surface area contributed by atoms with E-state index in [0.717, 1.165) is 18.4 Å². The van der Waals surface area contributed by atoms with Crippen LogP contribution in [0.2, 0.25) is 0 Å². The van der Waals surface area contributed by atoms with Crippen LogP contribution in [0.4, 0.5) is 5.69 Å². The van der Waals surface area contributed by atoms with E-state index < -0.39 is 0 Å². The standard InChI is InChI=1S/C19H29N3O3/c1-5-6-7-19(25)22(14(2)3)13-18(24)20-12-17(23)21-16-10-8-15(4)9-11-16/h8-11,14H,5-7,12-13H2,1-4H3,(H,20,24)(H,21,23). The van der Waals surface area contributed by atoms with Crippen molar-refractivity contribution in [2.75, 3.05) is 18.4 Å². The Kier molecular flexibility index (Phi) is 8.67. The molecule has 138 valence electrons. The zero-order chi connectivity index (χ0) is 18.8. The molecule has 0 unspecified atom stereocenters. The predicted octanol–water partition coefficient (Wildman–Crippen LogP) is 2.48. The Labute approximate surface area is 150 Å². The van der Waals surface area contributed by atoms with Crippen LogP contribution in [-0.2, 0) is 14.4 Å². The van der Waals surface area contributed by atoms with Crippen LogP contribution in [0.1, 0.15) is 45.6 Å². The number of rotatable bonds is 9. The van der Waals surface area contributed by atoms with Crippen LogP contribution >= 0.6 is 0 Å². The van der Waals surface area contributed by atoms with Crippen LogP contribution < -0.4 is 10.6 Å². The molecular formula is C19H29N3O3. The van der Waals surface area contributed by atoms with Crippen molar-refractivity contribution < 1.29 is 14.4 Å². The van der Waals surface area contributed by atoms with Crippen LogP contribution in [0.25, 0.3) is 0 Å². The number of carbonyl (C=O) groups is 3. The van der Waals surface area contributed by atoms with Gasteiger partial charge < -0.3 is 15.5 Å². The molecule has 1 rings (SSSR count). The largest absolute Gasteiger partial charge is 0.345 e. The summed E-state index contributed by atoms with van der Waals surface area (Å²) < 4.78 is 0. The molecule has 0 aliphatic rings. The molecule has 0 atom stereocenters. The maximum Gasteiger partial charge on any atom is 0.243 e. The number of carbonyl (C=O) groups excluding carboxylic acids is 3. The van der Waals surface area contributed by atoms with Crippen LogP contribution in [0.15, 0.2) is 24.3 Å². The minimum absolute atomic E-state index is 0.0297. The summed E-state index contributed by atoms with van der Waals surface area (Å²) >= 11 is 0. The Morgan fingerprint density at radius 3 is 2.28 bits per heavy atom. The minimum Gasteiger partial charge on any atom is -0.345 e. The highest BCUT2D eigenvalue weighted by Gasteiger charge is 2.19. The first-order chi connectivity index (χ1) is 11.8. The van der Waals surface area contributed by atoms with Crippen molar-refractivity contribution in [3.63, 3.8) is 0 Å². The number of amides is 3. The quantitative estimate of drug-likeness (QED) is 0.720. The molecule has 3 amide bonds.